The lowest BCUT2D eigenvalue weighted by molar-refractivity contribution is -0.166. The average Bonchev–Trinajstić information content (AvgIpc) is 2.66. The summed E-state index contributed by atoms with van der Waals surface area (Å²) < 4.78 is 4.61. The van der Waals surface area contributed by atoms with E-state index in [4.69, 9.17) is 0 Å². The number of β-amino-alcohol motifs (C(OH)–C–C–N with tert-alkyl or cyclic N) is 2. The molecule has 0 unspecified atom stereocenters. The summed E-state index contributed by atoms with van der Waals surface area (Å²) in [7, 11) is 0. The standard InChI is InChI=1S/C19H32N4O9/c24-15(25)11-20-1-3-21(12-16(26)27)5-7-23(14-9-18(30)32-19(31)10-14)8-6-22(4-2-20)13-17(28)29/h14,16,26-27H,1-13H2,(H,24,25)(H,28,29). The molecule has 0 aromatic carbocycles. The van der Waals surface area contributed by atoms with Crippen LogP contribution in [-0.2, 0) is 23.9 Å². The van der Waals surface area contributed by atoms with E-state index in [9.17, 15) is 39.6 Å². The van der Waals surface area contributed by atoms with Gasteiger partial charge in [-0.2, -0.15) is 0 Å². The molecule has 0 spiro atoms. The van der Waals surface area contributed by atoms with Crippen molar-refractivity contribution in [2.45, 2.75) is 25.2 Å². The normalized spacial score (nSPS) is 22.3. The number of esters is 2. The first-order chi connectivity index (χ1) is 15.1. The van der Waals surface area contributed by atoms with E-state index in [1.807, 2.05) is 4.90 Å². The van der Waals surface area contributed by atoms with Crippen molar-refractivity contribution >= 4 is 23.9 Å². The van der Waals surface area contributed by atoms with Gasteiger partial charge in [0.25, 0.3) is 0 Å². The van der Waals surface area contributed by atoms with Crippen molar-refractivity contribution in [1.82, 2.24) is 19.6 Å². The minimum atomic E-state index is -1.57. The van der Waals surface area contributed by atoms with Crippen molar-refractivity contribution in [3.8, 4) is 0 Å². The van der Waals surface area contributed by atoms with Crippen LogP contribution in [0, 0.1) is 0 Å². The van der Waals surface area contributed by atoms with Crippen molar-refractivity contribution in [1.29, 1.82) is 0 Å². The summed E-state index contributed by atoms with van der Waals surface area (Å²) >= 11 is 0. The third-order valence-corrected chi connectivity index (χ3v) is 5.56. The zero-order valence-corrected chi connectivity index (χ0v) is 18.0. The molecule has 32 heavy (non-hydrogen) atoms. The fraction of sp³-hybridized carbons (Fsp3) is 0.789. The Morgan fingerprint density at radius 3 is 1.62 bits per heavy atom. The van der Waals surface area contributed by atoms with E-state index in [2.05, 4.69) is 4.74 Å². The van der Waals surface area contributed by atoms with Crippen LogP contribution in [0.1, 0.15) is 12.8 Å². The Kier molecular flexibility index (Phi) is 10.4. The summed E-state index contributed by atoms with van der Waals surface area (Å²) in [5, 5.41) is 37.3. The second-order valence-corrected chi connectivity index (χ2v) is 8.07. The lowest BCUT2D eigenvalue weighted by atomic mass is 10.1. The Morgan fingerprint density at radius 1 is 0.781 bits per heavy atom. The van der Waals surface area contributed by atoms with Crippen molar-refractivity contribution < 1.29 is 44.3 Å². The molecule has 0 bridgehead atoms. The maximum Gasteiger partial charge on any atom is 0.317 e. The van der Waals surface area contributed by atoms with Crippen molar-refractivity contribution in [3.63, 3.8) is 0 Å². The van der Waals surface area contributed by atoms with Crippen LogP contribution < -0.4 is 0 Å². The van der Waals surface area contributed by atoms with Gasteiger partial charge in [-0.05, 0) is 0 Å². The van der Waals surface area contributed by atoms with Gasteiger partial charge in [-0.3, -0.25) is 38.8 Å². The van der Waals surface area contributed by atoms with Crippen molar-refractivity contribution in [2.24, 2.45) is 0 Å². The van der Waals surface area contributed by atoms with E-state index in [0.29, 0.717) is 52.4 Å². The smallest absolute Gasteiger partial charge is 0.317 e. The Labute approximate surface area is 185 Å². The van der Waals surface area contributed by atoms with E-state index in [0.717, 1.165) is 0 Å². The molecule has 2 fully saturated rings. The highest BCUT2D eigenvalue weighted by Crippen LogP contribution is 2.17. The molecule has 0 aromatic heterocycles. The van der Waals surface area contributed by atoms with Crippen molar-refractivity contribution in [2.75, 3.05) is 72.0 Å². The number of carbonyl (C=O) groups excluding carboxylic acids is 2. The summed E-state index contributed by atoms with van der Waals surface area (Å²) in [6.07, 6.45) is -1.49. The number of hydrogen-bond donors (Lipinski definition) is 4. The largest absolute Gasteiger partial charge is 0.480 e. The zero-order valence-electron chi connectivity index (χ0n) is 18.0. The van der Waals surface area contributed by atoms with E-state index in [1.54, 1.807) is 14.7 Å². The van der Waals surface area contributed by atoms with Gasteiger partial charge in [0, 0.05) is 64.9 Å². The molecule has 182 valence electrons. The summed E-state index contributed by atoms with van der Waals surface area (Å²) in [5.41, 5.74) is 0. The second kappa shape index (κ2) is 12.8. The maximum atomic E-state index is 11.8. The molecule has 2 rings (SSSR count). The number of aliphatic carboxylic acids is 2. The summed E-state index contributed by atoms with van der Waals surface area (Å²) in [4.78, 5) is 53.1. The molecule has 2 aliphatic rings. The van der Waals surface area contributed by atoms with Gasteiger partial charge in [0.15, 0.2) is 6.29 Å². The van der Waals surface area contributed by atoms with Crippen LogP contribution in [0.4, 0.5) is 0 Å². The number of aliphatic hydroxyl groups is 2. The number of carbonyl (C=O) groups is 4. The fourth-order valence-electron chi connectivity index (χ4n) is 3.96. The predicted molar refractivity (Wildman–Crippen MR) is 109 cm³/mol. The zero-order chi connectivity index (χ0) is 23.7. The highest BCUT2D eigenvalue weighted by molar-refractivity contribution is 5.89. The molecular weight excluding hydrogens is 428 g/mol. The van der Waals surface area contributed by atoms with E-state index in [-0.39, 0.29) is 38.5 Å². The highest BCUT2D eigenvalue weighted by atomic mass is 16.6. The Morgan fingerprint density at radius 2 is 1.19 bits per heavy atom. The third-order valence-electron chi connectivity index (χ3n) is 5.56. The van der Waals surface area contributed by atoms with Gasteiger partial charge in [-0.1, -0.05) is 0 Å². The van der Waals surface area contributed by atoms with Gasteiger partial charge in [0.2, 0.25) is 0 Å². The number of aliphatic hydroxyl groups excluding tert-OH is 1. The first kappa shape index (κ1) is 26.1. The maximum absolute atomic E-state index is 11.8. The Hall–Kier alpha value is -2.16. The lowest BCUT2D eigenvalue weighted by Gasteiger charge is -2.37. The van der Waals surface area contributed by atoms with Gasteiger partial charge in [-0.15, -0.1) is 0 Å². The topological polar surface area (TPSA) is 171 Å². The van der Waals surface area contributed by atoms with Gasteiger partial charge >= 0.3 is 23.9 Å². The van der Waals surface area contributed by atoms with Crippen molar-refractivity contribution in [3.05, 3.63) is 0 Å². The number of rotatable bonds is 7. The molecule has 0 amide bonds. The first-order valence-corrected chi connectivity index (χ1v) is 10.6. The van der Waals surface area contributed by atoms with Crippen LogP contribution in [0.15, 0.2) is 0 Å². The van der Waals surface area contributed by atoms with E-state index < -0.39 is 30.2 Å². The predicted octanol–water partition coefficient (Wildman–Crippen LogP) is -3.08. The molecule has 0 atom stereocenters. The Bertz CT molecular complexity index is 659. The fourth-order valence-corrected chi connectivity index (χ4v) is 3.96. The number of carboxylic acid groups (broad SMARTS) is 2. The molecule has 2 saturated heterocycles. The van der Waals surface area contributed by atoms with Crippen LogP contribution in [0.2, 0.25) is 0 Å². The average molecular weight is 460 g/mol. The molecule has 2 aliphatic heterocycles. The summed E-state index contributed by atoms with van der Waals surface area (Å²) in [6, 6.07) is -0.386. The van der Waals surface area contributed by atoms with E-state index >= 15 is 0 Å². The van der Waals surface area contributed by atoms with E-state index in [1.165, 1.54) is 0 Å². The number of cyclic esters (lactones) is 2. The number of ether oxygens (including phenoxy) is 1. The molecule has 4 N–H and O–H groups in total. The molecule has 0 saturated carbocycles. The van der Waals surface area contributed by atoms with Gasteiger partial charge < -0.3 is 25.2 Å². The summed E-state index contributed by atoms with van der Waals surface area (Å²) in [6.45, 7) is 2.39. The SMILES string of the molecule is O=C(O)CN1CCN(CC(=O)O)CCN(C2CC(=O)OC(=O)C2)CCN(CC(O)O)CC1. The quantitative estimate of drug-likeness (QED) is 0.171. The molecule has 2 heterocycles. The minimum absolute atomic E-state index is 0.0362. The molecule has 0 aromatic rings. The van der Waals surface area contributed by atoms with Gasteiger partial charge in [0.1, 0.15) is 0 Å². The van der Waals surface area contributed by atoms with Crippen LogP contribution in [-0.4, -0.2) is 148 Å². The molecule has 0 aliphatic carbocycles. The Balaban J connectivity index is 2.17. The van der Waals surface area contributed by atoms with Crippen LogP contribution in [0.25, 0.3) is 0 Å². The number of nitrogens with zero attached hydrogens (tertiary/aromatic N) is 4. The number of hydrogen-bond acceptors (Lipinski definition) is 11. The molecule has 13 nitrogen and oxygen atoms in total. The minimum Gasteiger partial charge on any atom is -0.480 e. The van der Waals surface area contributed by atoms with Gasteiger partial charge in [-0.25, -0.2) is 0 Å². The van der Waals surface area contributed by atoms with Crippen LogP contribution >= 0.6 is 0 Å². The lowest BCUT2D eigenvalue weighted by Crippen LogP contribution is -2.52. The molecular formula is C19H32N4O9. The third kappa shape index (κ3) is 9.54. The molecule has 0 radical (unpaired) electrons. The van der Waals surface area contributed by atoms with Gasteiger partial charge in [0.05, 0.1) is 25.9 Å². The first-order valence-electron chi connectivity index (χ1n) is 10.6. The highest BCUT2D eigenvalue weighted by Gasteiger charge is 2.32. The summed E-state index contributed by atoms with van der Waals surface area (Å²) in [5.74, 6) is -3.22. The number of carboxylic acids is 2. The molecule has 13 heteroatoms. The van der Waals surface area contributed by atoms with Crippen LogP contribution in [0.5, 0.6) is 0 Å². The van der Waals surface area contributed by atoms with Crippen LogP contribution in [0.3, 0.4) is 0 Å². The monoisotopic (exact) mass is 460 g/mol. The second-order valence-electron chi connectivity index (χ2n) is 8.07.